The lowest BCUT2D eigenvalue weighted by Crippen LogP contribution is -2.28. The number of nitrogens with two attached hydrogens (primary N) is 1. The highest BCUT2D eigenvalue weighted by Gasteiger charge is 2.21. The van der Waals surface area contributed by atoms with Crippen LogP contribution in [0.2, 0.25) is 0 Å². The van der Waals surface area contributed by atoms with E-state index in [9.17, 15) is 13.2 Å². The molecule has 0 aromatic heterocycles. The Labute approximate surface area is 119 Å². The fourth-order valence-corrected chi connectivity index (χ4v) is 2.88. The van der Waals surface area contributed by atoms with Crippen LogP contribution < -0.4 is 15.2 Å². The molecule has 3 N–H and O–H groups in total. The average Bonchev–Trinajstić information content (AvgIpc) is 2.37. The number of nitrogens with one attached hydrogen (secondary N) is 1. The van der Waals surface area contributed by atoms with E-state index in [0.29, 0.717) is 13.2 Å². The second-order valence-corrected chi connectivity index (χ2v) is 6.44. The van der Waals surface area contributed by atoms with Gasteiger partial charge in [0.1, 0.15) is 10.6 Å². The number of benzene rings is 1. The molecule has 0 aliphatic rings. The van der Waals surface area contributed by atoms with E-state index in [4.69, 9.17) is 10.5 Å². The third kappa shape index (κ3) is 4.21. The van der Waals surface area contributed by atoms with Gasteiger partial charge in [0.25, 0.3) is 0 Å². The van der Waals surface area contributed by atoms with Crippen molar-refractivity contribution in [2.24, 2.45) is 11.7 Å². The van der Waals surface area contributed by atoms with Crippen LogP contribution in [0.25, 0.3) is 0 Å². The molecule has 0 spiro atoms. The summed E-state index contributed by atoms with van der Waals surface area (Å²) in [4.78, 5) is 11.1. The van der Waals surface area contributed by atoms with Gasteiger partial charge in [-0.25, -0.2) is 13.1 Å². The van der Waals surface area contributed by atoms with E-state index in [1.54, 1.807) is 6.92 Å². The molecule has 0 bridgehead atoms. The van der Waals surface area contributed by atoms with Crippen molar-refractivity contribution in [1.29, 1.82) is 0 Å². The Bertz CT molecular complexity index is 582. The molecule has 112 valence electrons. The van der Waals surface area contributed by atoms with Gasteiger partial charge in [0.15, 0.2) is 0 Å². The highest BCUT2D eigenvalue weighted by Crippen LogP contribution is 2.25. The molecular weight excluding hydrogens is 280 g/mol. The summed E-state index contributed by atoms with van der Waals surface area (Å²) in [6.45, 7) is 6.16. The molecule has 0 unspecified atom stereocenters. The maximum Gasteiger partial charge on any atom is 0.248 e. The lowest BCUT2D eigenvalue weighted by Gasteiger charge is -2.13. The second kappa shape index (κ2) is 6.71. The van der Waals surface area contributed by atoms with E-state index in [2.05, 4.69) is 4.72 Å². The monoisotopic (exact) mass is 300 g/mol. The van der Waals surface area contributed by atoms with Crippen molar-refractivity contribution in [2.45, 2.75) is 25.7 Å². The van der Waals surface area contributed by atoms with E-state index in [0.717, 1.165) is 0 Å². The molecule has 0 saturated carbocycles. The number of amides is 1. The van der Waals surface area contributed by atoms with Gasteiger partial charge >= 0.3 is 0 Å². The van der Waals surface area contributed by atoms with Crippen LogP contribution in [0.1, 0.15) is 31.1 Å². The fraction of sp³-hybridized carbons (Fsp3) is 0.462. The highest BCUT2D eigenvalue weighted by molar-refractivity contribution is 7.89. The summed E-state index contributed by atoms with van der Waals surface area (Å²) >= 11 is 0. The van der Waals surface area contributed by atoms with Crippen LogP contribution in [0.4, 0.5) is 0 Å². The van der Waals surface area contributed by atoms with E-state index in [-0.39, 0.29) is 22.1 Å². The van der Waals surface area contributed by atoms with E-state index >= 15 is 0 Å². The Kier molecular flexibility index (Phi) is 5.52. The third-order valence-corrected chi connectivity index (χ3v) is 3.94. The second-order valence-electron chi connectivity index (χ2n) is 4.70. The first-order valence-corrected chi connectivity index (χ1v) is 7.82. The maximum atomic E-state index is 12.3. The number of ether oxygens (including phenoxy) is 1. The SMILES string of the molecule is CCOc1ccc(C(N)=O)cc1S(=O)(=O)NCC(C)C. The third-order valence-electron chi connectivity index (χ3n) is 2.50. The number of carbonyl (C=O) groups excluding carboxylic acids is 1. The molecule has 0 aliphatic heterocycles. The zero-order valence-corrected chi connectivity index (χ0v) is 12.7. The molecule has 1 aromatic carbocycles. The molecule has 0 fully saturated rings. The molecule has 1 rings (SSSR count). The Morgan fingerprint density at radius 3 is 2.55 bits per heavy atom. The van der Waals surface area contributed by atoms with Gasteiger partial charge in [0.05, 0.1) is 6.61 Å². The number of hydrogen-bond acceptors (Lipinski definition) is 4. The van der Waals surface area contributed by atoms with E-state index < -0.39 is 15.9 Å². The van der Waals surface area contributed by atoms with Gasteiger partial charge in [0.2, 0.25) is 15.9 Å². The lowest BCUT2D eigenvalue weighted by atomic mass is 10.2. The first-order chi connectivity index (χ1) is 9.27. The van der Waals surface area contributed by atoms with Crippen molar-refractivity contribution in [1.82, 2.24) is 4.72 Å². The minimum absolute atomic E-state index is 0.0729. The van der Waals surface area contributed by atoms with Gasteiger partial charge in [-0.1, -0.05) is 13.8 Å². The zero-order valence-electron chi connectivity index (χ0n) is 11.8. The average molecular weight is 300 g/mol. The predicted octanol–water partition coefficient (Wildman–Crippen LogP) is 1.12. The van der Waals surface area contributed by atoms with Crippen LogP contribution in [-0.2, 0) is 10.0 Å². The molecular formula is C13H20N2O4S. The molecule has 7 heteroatoms. The molecule has 0 heterocycles. The first kappa shape index (κ1) is 16.5. The Morgan fingerprint density at radius 1 is 1.40 bits per heavy atom. The van der Waals surface area contributed by atoms with Crippen molar-refractivity contribution in [3.05, 3.63) is 23.8 Å². The largest absolute Gasteiger partial charge is 0.492 e. The first-order valence-electron chi connectivity index (χ1n) is 6.34. The quantitative estimate of drug-likeness (QED) is 0.788. The smallest absolute Gasteiger partial charge is 0.248 e. The van der Waals surface area contributed by atoms with Crippen LogP contribution in [0, 0.1) is 5.92 Å². The number of rotatable bonds is 7. The maximum absolute atomic E-state index is 12.3. The van der Waals surface area contributed by atoms with Gasteiger partial charge < -0.3 is 10.5 Å². The van der Waals surface area contributed by atoms with Crippen LogP contribution in [0.3, 0.4) is 0 Å². The number of primary amides is 1. The Morgan fingerprint density at radius 2 is 2.05 bits per heavy atom. The summed E-state index contributed by atoms with van der Waals surface area (Å²) in [5.41, 5.74) is 5.30. The van der Waals surface area contributed by atoms with Crippen LogP contribution >= 0.6 is 0 Å². The number of hydrogen-bond donors (Lipinski definition) is 2. The van der Waals surface area contributed by atoms with Gasteiger partial charge in [0, 0.05) is 12.1 Å². The fourth-order valence-electron chi connectivity index (χ4n) is 1.50. The molecule has 20 heavy (non-hydrogen) atoms. The van der Waals surface area contributed by atoms with Crippen molar-refractivity contribution < 1.29 is 17.9 Å². The van der Waals surface area contributed by atoms with Gasteiger partial charge in [-0.05, 0) is 31.0 Å². The molecule has 0 radical (unpaired) electrons. The van der Waals surface area contributed by atoms with Crippen molar-refractivity contribution >= 4 is 15.9 Å². The summed E-state index contributed by atoms with van der Waals surface area (Å²) in [6, 6.07) is 4.11. The van der Waals surface area contributed by atoms with Crippen LogP contribution in [-0.4, -0.2) is 27.5 Å². The summed E-state index contributed by atoms with van der Waals surface area (Å²) in [7, 11) is -3.75. The van der Waals surface area contributed by atoms with Gasteiger partial charge in [-0.2, -0.15) is 0 Å². The summed E-state index contributed by atoms with van der Waals surface area (Å²) in [5.74, 6) is -0.318. The number of sulfonamides is 1. The highest BCUT2D eigenvalue weighted by atomic mass is 32.2. The minimum Gasteiger partial charge on any atom is -0.492 e. The Balaban J connectivity index is 3.24. The standard InChI is InChI=1S/C13H20N2O4S/c1-4-19-11-6-5-10(13(14)16)7-12(11)20(17,18)15-8-9(2)3/h5-7,9,15H,4,8H2,1-3H3,(H2,14,16). The summed E-state index contributed by atoms with van der Waals surface area (Å²) in [6.07, 6.45) is 0. The molecule has 0 saturated heterocycles. The van der Waals surface area contributed by atoms with Gasteiger partial charge in [-0.15, -0.1) is 0 Å². The van der Waals surface area contributed by atoms with Crippen molar-refractivity contribution in [2.75, 3.05) is 13.2 Å². The Hall–Kier alpha value is -1.60. The minimum atomic E-state index is -3.75. The van der Waals surface area contributed by atoms with Crippen molar-refractivity contribution in [3.63, 3.8) is 0 Å². The zero-order chi connectivity index (χ0) is 15.3. The van der Waals surface area contributed by atoms with Crippen molar-refractivity contribution in [3.8, 4) is 5.75 Å². The summed E-state index contributed by atoms with van der Waals surface area (Å²) < 4.78 is 32.3. The van der Waals surface area contributed by atoms with E-state index in [1.807, 2.05) is 13.8 Å². The molecule has 0 atom stereocenters. The van der Waals surface area contributed by atoms with E-state index in [1.165, 1.54) is 18.2 Å². The number of carbonyl (C=O) groups is 1. The topological polar surface area (TPSA) is 98.5 Å². The predicted molar refractivity (Wildman–Crippen MR) is 76.2 cm³/mol. The molecule has 1 aromatic rings. The van der Waals surface area contributed by atoms with Crippen LogP contribution in [0.5, 0.6) is 5.75 Å². The van der Waals surface area contributed by atoms with Gasteiger partial charge in [-0.3, -0.25) is 4.79 Å². The van der Waals surface area contributed by atoms with Crippen LogP contribution in [0.15, 0.2) is 23.1 Å². The lowest BCUT2D eigenvalue weighted by molar-refractivity contribution is 0.1000. The normalized spacial score (nSPS) is 11.6. The molecule has 6 nitrogen and oxygen atoms in total. The molecule has 1 amide bonds. The molecule has 0 aliphatic carbocycles. The summed E-state index contributed by atoms with van der Waals surface area (Å²) in [5, 5.41) is 0.